The fourth-order valence-corrected chi connectivity index (χ4v) is 3.45. The third-order valence-electron chi connectivity index (χ3n) is 5.11. The lowest BCUT2D eigenvalue weighted by atomic mass is 10.1. The van der Waals surface area contributed by atoms with Crippen molar-refractivity contribution >= 4 is 23.0 Å². The van der Waals surface area contributed by atoms with Crippen LogP contribution in [-0.4, -0.2) is 23.1 Å². The number of hydrogen-bond donors (Lipinski definition) is 2. The zero-order chi connectivity index (χ0) is 22.2. The van der Waals surface area contributed by atoms with E-state index in [2.05, 4.69) is 10.3 Å². The summed E-state index contributed by atoms with van der Waals surface area (Å²) in [5, 5.41) is 3.67. The van der Waals surface area contributed by atoms with E-state index in [1.807, 2.05) is 91.1 Å². The number of carbonyl (C=O) groups is 2. The first-order chi connectivity index (χ1) is 15.7. The van der Waals surface area contributed by atoms with Crippen molar-refractivity contribution in [3.63, 3.8) is 0 Å². The van der Waals surface area contributed by atoms with Gasteiger partial charge in [-0.2, -0.15) is 0 Å². The van der Waals surface area contributed by atoms with Crippen molar-refractivity contribution in [2.45, 2.75) is 25.7 Å². The minimum absolute atomic E-state index is 0.117. The summed E-state index contributed by atoms with van der Waals surface area (Å²) in [7, 11) is 0. The molecule has 0 fully saturated rings. The summed E-state index contributed by atoms with van der Waals surface area (Å²) in [6.45, 7) is 0.246. The average Bonchev–Trinajstić information content (AvgIpc) is 3.25. The molecule has 1 atom stereocenters. The normalized spacial score (nSPS) is 11.6. The quantitative estimate of drug-likeness (QED) is 0.397. The monoisotopic (exact) mass is 428 g/mol. The molecule has 0 saturated carbocycles. The molecule has 0 unspecified atom stereocenters. The molecule has 0 aliphatic rings. The van der Waals surface area contributed by atoms with E-state index in [0.29, 0.717) is 0 Å². The highest BCUT2D eigenvalue weighted by molar-refractivity contribution is 5.86. The number of esters is 1. The predicted molar refractivity (Wildman–Crippen MR) is 122 cm³/mol. The second-order valence-corrected chi connectivity index (χ2v) is 7.42. The molecule has 0 radical (unpaired) electrons. The molecule has 1 aromatic heterocycles. The number of fused-ring (bicyclic) bond motifs is 1. The van der Waals surface area contributed by atoms with Crippen molar-refractivity contribution in [1.29, 1.82) is 0 Å². The van der Waals surface area contributed by atoms with Crippen LogP contribution in [0.5, 0.6) is 0 Å². The van der Waals surface area contributed by atoms with Crippen LogP contribution < -0.4 is 5.32 Å². The van der Waals surface area contributed by atoms with Crippen LogP contribution in [0.25, 0.3) is 10.9 Å². The van der Waals surface area contributed by atoms with E-state index in [1.54, 1.807) is 0 Å². The zero-order valence-corrected chi connectivity index (χ0v) is 17.5. The average molecular weight is 428 g/mol. The molecule has 1 amide bonds. The number of aromatic nitrogens is 1. The molecule has 32 heavy (non-hydrogen) atoms. The highest BCUT2D eigenvalue weighted by atomic mass is 16.6. The molecule has 4 aromatic rings. The Kier molecular flexibility index (Phi) is 6.82. The lowest BCUT2D eigenvalue weighted by molar-refractivity contribution is -0.147. The first-order valence-corrected chi connectivity index (χ1v) is 10.4. The van der Waals surface area contributed by atoms with Gasteiger partial charge in [-0.1, -0.05) is 78.9 Å². The Morgan fingerprint density at radius 3 is 2.06 bits per heavy atom. The summed E-state index contributed by atoms with van der Waals surface area (Å²) < 4.78 is 10.8. The Hall–Kier alpha value is -4.06. The number of H-pyrrole nitrogens is 1. The number of alkyl carbamates (subject to hydrolysis) is 1. The third-order valence-corrected chi connectivity index (χ3v) is 5.11. The second kappa shape index (κ2) is 10.3. The van der Waals surface area contributed by atoms with Crippen molar-refractivity contribution < 1.29 is 19.1 Å². The lowest BCUT2D eigenvalue weighted by Gasteiger charge is -2.17. The van der Waals surface area contributed by atoms with Gasteiger partial charge in [0.2, 0.25) is 0 Å². The van der Waals surface area contributed by atoms with Gasteiger partial charge in [0.15, 0.2) is 0 Å². The molecular formula is C26H24N2O4. The Morgan fingerprint density at radius 1 is 0.781 bits per heavy atom. The topological polar surface area (TPSA) is 80.4 Å². The summed E-state index contributed by atoms with van der Waals surface area (Å²) in [6.07, 6.45) is 1.45. The molecule has 0 spiro atoms. The van der Waals surface area contributed by atoms with E-state index in [9.17, 15) is 9.59 Å². The molecule has 0 aliphatic carbocycles. The van der Waals surface area contributed by atoms with Gasteiger partial charge in [-0.05, 0) is 22.8 Å². The number of benzene rings is 3. The smallest absolute Gasteiger partial charge is 0.408 e. The summed E-state index contributed by atoms with van der Waals surface area (Å²) >= 11 is 0. The van der Waals surface area contributed by atoms with Gasteiger partial charge in [-0.15, -0.1) is 0 Å². The minimum atomic E-state index is -0.888. The number of hydrogen-bond acceptors (Lipinski definition) is 4. The summed E-state index contributed by atoms with van der Waals surface area (Å²) in [5.74, 6) is -0.518. The number of nitrogens with one attached hydrogen (secondary N) is 2. The van der Waals surface area contributed by atoms with Gasteiger partial charge in [-0.3, -0.25) is 0 Å². The Balaban J connectivity index is 1.45. The molecule has 1 heterocycles. The number of ether oxygens (including phenoxy) is 2. The van der Waals surface area contributed by atoms with Crippen molar-refractivity contribution in [2.75, 3.05) is 0 Å². The van der Waals surface area contributed by atoms with E-state index in [1.165, 1.54) is 0 Å². The minimum Gasteiger partial charge on any atom is -0.459 e. The first-order valence-electron chi connectivity index (χ1n) is 10.4. The van der Waals surface area contributed by atoms with Crippen LogP contribution in [0, 0.1) is 0 Å². The number of rotatable bonds is 8. The van der Waals surface area contributed by atoms with Crippen molar-refractivity contribution in [3.05, 3.63) is 108 Å². The molecule has 3 aromatic carbocycles. The van der Waals surface area contributed by atoms with Gasteiger partial charge in [0.1, 0.15) is 19.3 Å². The fraction of sp³-hybridized carbons (Fsp3) is 0.154. The van der Waals surface area contributed by atoms with Crippen LogP contribution in [-0.2, 0) is 33.9 Å². The van der Waals surface area contributed by atoms with E-state index in [-0.39, 0.29) is 19.6 Å². The van der Waals surface area contributed by atoms with Crippen LogP contribution in [0.4, 0.5) is 4.79 Å². The van der Waals surface area contributed by atoms with E-state index in [0.717, 1.165) is 27.6 Å². The Bertz CT molecular complexity index is 1170. The van der Waals surface area contributed by atoms with Crippen molar-refractivity contribution in [1.82, 2.24) is 10.3 Å². The molecule has 0 saturated heterocycles. The van der Waals surface area contributed by atoms with Crippen LogP contribution >= 0.6 is 0 Å². The molecule has 6 nitrogen and oxygen atoms in total. The van der Waals surface area contributed by atoms with Crippen molar-refractivity contribution in [2.24, 2.45) is 0 Å². The molecule has 162 valence electrons. The zero-order valence-electron chi connectivity index (χ0n) is 17.5. The van der Waals surface area contributed by atoms with E-state index < -0.39 is 18.1 Å². The maximum Gasteiger partial charge on any atom is 0.408 e. The number of amides is 1. The molecule has 0 aliphatic heterocycles. The maximum absolute atomic E-state index is 12.9. The largest absolute Gasteiger partial charge is 0.459 e. The number of aromatic amines is 1. The van der Waals surface area contributed by atoms with E-state index >= 15 is 0 Å². The van der Waals surface area contributed by atoms with Gasteiger partial charge >= 0.3 is 12.1 Å². The highest BCUT2D eigenvalue weighted by Gasteiger charge is 2.25. The standard InChI is InChI=1S/C26H24N2O4/c29-25(31-17-19-9-3-1-4-10-19)24(15-21-16-27-23-14-8-7-13-22(21)23)28-26(30)32-18-20-11-5-2-6-12-20/h1-14,16,24,27H,15,17-18H2,(H,28,30)/t24-/m1/s1. The van der Waals surface area contributed by atoms with E-state index in [4.69, 9.17) is 9.47 Å². The van der Waals surface area contributed by atoms with Gasteiger partial charge < -0.3 is 19.8 Å². The summed E-state index contributed by atoms with van der Waals surface area (Å²) in [6, 6.07) is 25.7. The van der Waals surface area contributed by atoms with Crippen LogP contribution in [0.3, 0.4) is 0 Å². The fourth-order valence-electron chi connectivity index (χ4n) is 3.45. The van der Waals surface area contributed by atoms with Gasteiger partial charge in [0, 0.05) is 23.5 Å². The molecule has 4 rings (SSSR count). The SMILES string of the molecule is O=C(N[C@H](Cc1c[nH]c2ccccc12)C(=O)OCc1ccccc1)OCc1ccccc1. The summed E-state index contributed by atoms with van der Waals surface area (Å²) in [4.78, 5) is 28.5. The highest BCUT2D eigenvalue weighted by Crippen LogP contribution is 2.19. The lowest BCUT2D eigenvalue weighted by Crippen LogP contribution is -2.43. The Labute approximate surface area is 186 Å². The van der Waals surface area contributed by atoms with Gasteiger partial charge in [-0.25, -0.2) is 9.59 Å². The third kappa shape index (κ3) is 5.55. The van der Waals surface area contributed by atoms with Crippen molar-refractivity contribution in [3.8, 4) is 0 Å². The Morgan fingerprint density at radius 2 is 1.38 bits per heavy atom. The molecule has 2 N–H and O–H groups in total. The summed E-state index contributed by atoms with van der Waals surface area (Å²) in [5.41, 5.74) is 3.61. The second-order valence-electron chi connectivity index (χ2n) is 7.42. The predicted octanol–water partition coefficient (Wildman–Crippen LogP) is 4.75. The number of para-hydroxylation sites is 1. The maximum atomic E-state index is 12.9. The van der Waals surface area contributed by atoms with Gasteiger partial charge in [0.25, 0.3) is 0 Å². The molecule has 0 bridgehead atoms. The van der Waals surface area contributed by atoms with Gasteiger partial charge in [0.05, 0.1) is 0 Å². The molecule has 6 heteroatoms. The van der Waals surface area contributed by atoms with Crippen LogP contribution in [0.2, 0.25) is 0 Å². The van der Waals surface area contributed by atoms with Crippen LogP contribution in [0.15, 0.2) is 91.1 Å². The first kappa shape index (κ1) is 21.2. The van der Waals surface area contributed by atoms with Crippen LogP contribution in [0.1, 0.15) is 16.7 Å². The molecular weight excluding hydrogens is 404 g/mol. The number of carbonyl (C=O) groups excluding carboxylic acids is 2.